The van der Waals surface area contributed by atoms with Crippen LogP contribution in [0.3, 0.4) is 0 Å². The van der Waals surface area contributed by atoms with Gasteiger partial charge in [-0.1, -0.05) is 12.2 Å². The van der Waals surface area contributed by atoms with Crippen molar-refractivity contribution >= 4 is 23.0 Å². The summed E-state index contributed by atoms with van der Waals surface area (Å²) in [6, 6.07) is 3.41. The van der Waals surface area contributed by atoms with Gasteiger partial charge >= 0.3 is 6.18 Å². The van der Waals surface area contributed by atoms with Gasteiger partial charge in [0.25, 0.3) is 0 Å². The van der Waals surface area contributed by atoms with Crippen LogP contribution < -0.4 is 10.6 Å². The monoisotopic (exact) mass is 289 g/mol. The molecule has 19 heavy (non-hydrogen) atoms. The molecule has 1 aliphatic rings. The lowest BCUT2D eigenvalue weighted by Crippen LogP contribution is -2.39. The van der Waals surface area contributed by atoms with E-state index in [9.17, 15) is 13.2 Å². The molecule has 0 spiro atoms. The van der Waals surface area contributed by atoms with Gasteiger partial charge in [0.2, 0.25) is 0 Å². The Morgan fingerprint density at radius 3 is 2.53 bits per heavy atom. The first-order chi connectivity index (χ1) is 8.88. The fourth-order valence-electron chi connectivity index (χ4n) is 2.18. The van der Waals surface area contributed by atoms with E-state index in [2.05, 4.69) is 4.98 Å². The zero-order valence-corrected chi connectivity index (χ0v) is 11.0. The molecule has 7 heteroatoms. The van der Waals surface area contributed by atoms with Gasteiger partial charge in [-0.2, -0.15) is 13.2 Å². The zero-order valence-electron chi connectivity index (χ0n) is 10.2. The molecular formula is C12H14F3N3S. The fourth-order valence-corrected chi connectivity index (χ4v) is 2.31. The number of anilines is 1. The number of halogens is 3. The standard InChI is InChI=1S/C12H14F3N3S/c13-12(14,15)9-2-5-18(6-3-9)10-7-8(11(16)19)1-4-17-10/h1,4,7,9H,2-3,5-6H2,(H2,16,19). The average molecular weight is 289 g/mol. The van der Waals surface area contributed by atoms with Crippen LogP contribution in [0.5, 0.6) is 0 Å². The minimum absolute atomic E-state index is 0.0997. The van der Waals surface area contributed by atoms with Gasteiger partial charge in [0, 0.05) is 24.8 Å². The molecule has 2 rings (SSSR count). The SMILES string of the molecule is NC(=S)c1ccnc(N2CCC(C(F)(F)F)CC2)c1. The Balaban J connectivity index is 2.05. The number of nitrogens with zero attached hydrogens (tertiary/aromatic N) is 2. The third kappa shape index (κ3) is 3.34. The topological polar surface area (TPSA) is 42.1 Å². The van der Waals surface area contributed by atoms with Gasteiger partial charge < -0.3 is 10.6 Å². The van der Waals surface area contributed by atoms with Gasteiger partial charge in [-0.25, -0.2) is 4.98 Å². The number of rotatable bonds is 2. The van der Waals surface area contributed by atoms with E-state index >= 15 is 0 Å². The van der Waals surface area contributed by atoms with Crippen LogP contribution >= 0.6 is 12.2 Å². The molecule has 0 aromatic carbocycles. The Morgan fingerprint density at radius 2 is 2.00 bits per heavy atom. The van der Waals surface area contributed by atoms with Crippen molar-refractivity contribution < 1.29 is 13.2 Å². The first-order valence-electron chi connectivity index (χ1n) is 5.95. The maximum Gasteiger partial charge on any atom is 0.391 e. The third-order valence-corrected chi connectivity index (χ3v) is 3.55. The van der Waals surface area contributed by atoms with Crippen LogP contribution in [0.4, 0.5) is 19.0 Å². The van der Waals surface area contributed by atoms with Gasteiger partial charge in [-0.05, 0) is 25.0 Å². The normalized spacial score (nSPS) is 17.5. The Hall–Kier alpha value is -1.37. The zero-order chi connectivity index (χ0) is 14.0. The smallest absolute Gasteiger partial charge is 0.389 e. The number of thiocarbonyl (C=S) groups is 1. The van der Waals surface area contributed by atoms with Gasteiger partial charge in [-0.15, -0.1) is 0 Å². The van der Waals surface area contributed by atoms with Crippen molar-refractivity contribution in [1.29, 1.82) is 0 Å². The summed E-state index contributed by atoms with van der Waals surface area (Å²) < 4.78 is 37.7. The Kier molecular flexibility index (Phi) is 3.93. The van der Waals surface area contributed by atoms with Crippen molar-refractivity contribution in [2.45, 2.75) is 19.0 Å². The van der Waals surface area contributed by atoms with Crippen molar-refractivity contribution in [2.75, 3.05) is 18.0 Å². The third-order valence-electron chi connectivity index (χ3n) is 3.31. The predicted octanol–water partition coefficient (Wildman–Crippen LogP) is 2.49. The highest BCUT2D eigenvalue weighted by molar-refractivity contribution is 7.80. The number of alkyl halides is 3. The molecule has 3 nitrogen and oxygen atoms in total. The van der Waals surface area contributed by atoms with Gasteiger partial charge in [-0.3, -0.25) is 0 Å². The summed E-state index contributed by atoms with van der Waals surface area (Å²) in [5.74, 6) is -0.576. The lowest BCUT2D eigenvalue weighted by Gasteiger charge is -2.33. The summed E-state index contributed by atoms with van der Waals surface area (Å²) >= 11 is 4.87. The molecule has 0 amide bonds. The lowest BCUT2D eigenvalue weighted by molar-refractivity contribution is -0.179. The summed E-state index contributed by atoms with van der Waals surface area (Å²) in [4.78, 5) is 6.26. The van der Waals surface area contributed by atoms with Crippen molar-refractivity contribution in [1.82, 2.24) is 4.98 Å². The van der Waals surface area contributed by atoms with E-state index in [1.807, 2.05) is 4.90 Å². The molecule has 2 N–H and O–H groups in total. The molecule has 1 aliphatic heterocycles. The van der Waals surface area contributed by atoms with E-state index in [0.29, 0.717) is 24.5 Å². The lowest BCUT2D eigenvalue weighted by atomic mass is 9.96. The largest absolute Gasteiger partial charge is 0.391 e. The molecule has 1 saturated heterocycles. The molecule has 0 bridgehead atoms. The molecular weight excluding hydrogens is 275 g/mol. The Labute approximate surface area is 114 Å². The molecule has 0 radical (unpaired) electrons. The second kappa shape index (κ2) is 5.32. The van der Waals surface area contributed by atoms with Crippen molar-refractivity contribution in [3.8, 4) is 0 Å². The molecule has 0 atom stereocenters. The molecule has 0 saturated carbocycles. The highest BCUT2D eigenvalue weighted by atomic mass is 32.1. The summed E-state index contributed by atoms with van der Waals surface area (Å²) in [7, 11) is 0. The van der Waals surface area contributed by atoms with Crippen LogP contribution in [0.2, 0.25) is 0 Å². The number of hydrogen-bond donors (Lipinski definition) is 1. The molecule has 1 aromatic rings. The maximum absolute atomic E-state index is 12.6. The van der Waals surface area contributed by atoms with Crippen LogP contribution in [-0.4, -0.2) is 29.2 Å². The van der Waals surface area contributed by atoms with Crippen LogP contribution in [0.25, 0.3) is 0 Å². The summed E-state index contributed by atoms with van der Waals surface area (Å²) in [6.45, 7) is 0.690. The quantitative estimate of drug-likeness (QED) is 0.849. The average Bonchev–Trinajstić information content (AvgIpc) is 2.38. The van der Waals surface area contributed by atoms with Crippen molar-refractivity contribution in [3.05, 3.63) is 23.9 Å². The second-order valence-corrected chi connectivity index (χ2v) is 5.01. The fraction of sp³-hybridized carbons (Fsp3) is 0.500. The minimum Gasteiger partial charge on any atom is -0.389 e. The predicted molar refractivity (Wildman–Crippen MR) is 71.1 cm³/mol. The first-order valence-corrected chi connectivity index (χ1v) is 6.36. The molecule has 104 valence electrons. The Bertz CT molecular complexity index is 468. The van der Waals surface area contributed by atoms with E-state index in [4.69, 9.17) is 18.0 Å². The van der Waals surface area contributed by atoms with Gasteiger partial charge in [0.05, 0.1) is 5.92 Å². The van der Waals surface area contributed by atoms with Crippen LogP contribution in [0.1, 0.15) is 18.4 Å². The van der Waals surface area contributed by atoms with Gasteiger partial charge in [0.1, 0.15) is 10.8 Å². The number of pyridine rings is 1. The van der Waals surface area contributed by atoms with E-state index in [0.717, 1.165) is 0 Å². The second-order valence-electron chi connectivity index (χ2n) is 4.57. The van der Waals surface area contributed by atoms with E-state index in [1.54, 1.807) is 18.3 Å². The highest BCUT2D eigenvalue weighted by Gasteiger charge is 2.41. The minimum atomic E-state index is -4.10. The van der Waals surface area contributed by atoms with Gasteiger partial charge in [0.15, 0.2) is 0 Å². The van der Waals surface area contributed by atoms with Crippen LogP contribution in [-0.2, 0) is 0 Å². The maximum atomic E-state index is 12.6. The van der Waals surface area contributed by atoms with Crippen molar-refractivity contribution in [2.24, 2.45) is 11.7 Å². The van der Waals surface area contributed by atoms with E-state index in [-0.39, 0.29) is 17.8 Å². The summed E-state index contributed by atoms with van der Waals surface area (Å²) in [5.41, 5.74) is 6.21. The number of aromatic nitrogens is 1. The van der Waals surface area contributed by atoms with Crippen LogP contribution in [0.15, 0.2) is 18.3 Å². The number of nitrogens with two attached hydrogens (primary N) is 1. The molecule has 2 heterocycles. The summed E-state index contributed by atoms with van der Waals surface area (Å²) in [6.07, 6.45) is -2.33. The van der Waals surface area contributed by atoms with E-state index < -0.39 is 12.1 Å². The molecule has 1 aromatic heterocycles. The molecule has 1 fully saturated rings. The molecule has 0 aliphatic carbocycles. The number of hydrogen-bond acceptors (Lipinski definition) is 3. The highest BCUT2D eigenvalue weighted by Crippen LogP contribution is 2.35. The van der Waals surface area contributed by atoms with E-state index in [1.165, 1.54) is 0 Å². The summed E-state index contributed by atoms with van der Waals surface area (Å²) in [5, 5.41) is 0. The molecule has 0 unspecified atom stereocenters. The first kappa shape index (κ1) is 14.0. The Morgan fingerprint density at radius 1 is 1.37 bits per heavy atom. The van der Waals surface area contributed by atoms with Crippen molar-refractivity contribution in [3.63, 3.8) is 0 Å². The number of piperidine rings is 1. The van der Waals surface area contributed by atoms with Crippen LogP contribution in [0, 0.1) is 5.92 Å².